The second-order valence-corrected chi connectivity index (χ2v) is 7.23. The first-order chi connectivity index (χ1) is 10.6. The SMILES string of the molecule is O=C1NC(=O)[C@@H]2CN(CC(=O)N(C3CCCC3)C3CC3)C[C@H]12. The monoisotopic (exact) mass is 305 g/mol. The van der Waals surface area contributed by atoms with Crippen molar-refractivity contribution in [3.8, 4) is 0 Å². The highest BCUT2D eigenvalue weighted by molar-refractivity contribution is 6.05. The van der Waals surface area contributed by atoms with Gasteiger partial charge in [-0.1, -0.05) is 12.8 Å². The van der Waals surface area contributed by atoms with Gasteiger partial charge in [0.15, 0.2) is 0 Å². The maximum Gasteiger partial charge on any atom is 0.237 e. The van der Waals surface area contributed by atoms with Crippen molar-refractivity contribution in [1.29, 1.82) is 0 Å². The Morgan fingerprint density at radius 3 is 2.09 bits per heavy atom. The minimum atomic E-state index is -0.249. The lowest BCUT2D eigenvalue weighted by Crippen LogP contribution is -2.46. The number of hydrogen-bond donors (Lipinski definition) is 1. The molecule has 2 aliphatic carbocycles. The number of likely N-dealkylation sites (tertiary alicyclic amines) is 1. The molecule has 4 rings (SSSR count). The molecule has 0 aromatic carbocycles. The molecular formula is C16H23N3O3. The third-order valence-corrected chi connectivity index (χ3v) is 5.62. The first-order valence-electron chi connectivity index (χ1n) is 8.51. The Hall–Kier alpha value is -1.43. The molecule has 3 amide bonds. The summed E-state index contributed by atoms with van der Waals surface area (Å²) >= 11 is 0. The molecule has 0 unspecified atom stereocenters. The van der Waals surface area contributed by atoms with Gasteiger partial charge in [0, 0.05) is 25.2 Å². The maximum atomic E-state index is 12.7. The predicted octanol–water partition coefficient (Wildman–Crippen LogP) is 0.124. The fourth-order valence-corrected chi connectivity index (χ4v) is 4.37. The number of carbonyl (C=O) groups is 3. The van der Waals surface area contributed by atoms with E-state index in [1.165, 1.54) is 12.8 Å². The van der Waals surface area contributed by atoms with Gasteiger partial charge in [-0.2, -0.15) is 0 Å². The van der Waals surface area contributed by atoms with E-state index in [1.807, 2.05) is 4.90 Å². The second kappa shape index (κ2) is 5.33. The van der Waals surface area contributed by atoms with Crippen molar-refractivity contribution < 1.29 is 14.4 Å². The molecule has 2 atom stereocenters. The van der Waals surface area contributed by atoms with Crippen LogP contribution in [0, 0.1) is 11.8 Å². The highest BCUT2D eigenvalue weighted by atomic mass is 16.2. The third-order valence-electron chi connectivity index (χ3n) is 5.62. The number of amides is 3. The van der Waals surface area contributed by atoms with Gasteiger partial charge in [0.1, 0.15) is 0 Å². The molecule has 6 nitrogen and oxygen atoms in total. The van der Waals surface area contributed by atoms with Crippen LogP contribution < -0.4 is 5.32 Å². The van der Waals surface area contributed by atoms with Gasteiger partial charge in [0.2, 0.25) is 17.7 Å². The van der Waals surface area contributed by atoms with Gasteiger partial charge in [-0.3, -0.25) is 24.6 Å². The molecule has 2 saturated carbocycles. The van der Waals surface area contributed by atoms with E-state index in [0.717, 1.165) is 25.7 Å². The van der Waals surface area contributed by atoms with Gasteiger partial charge in [-0.25, -0.2) is 0 Å². The molecule has 2 heterocycles. The van der Waals surface area contributed by atoms with Gasteiger partial charge >= 0.3 is 0 Å². The zero-order chi connectivity index (χ0) is 15.3. The van der Waals surface area contributed by atoms with Crippen LogP contribution in [0.1, 0.15) is 38.5 Å². The summed E-state index contributed by atoms with van der Waals surface area (Å²) in [6, 6.07) is 0.870. The highest BCUT2D eigenvalue weighted by Crippen LogP contribution is 2.35. The number of nitrogens with one attached hydrogen (secondary N) is 1. The molecule has 0 bridgehead atoms. The minimum Gasteiger partial charge on any atom is -0.336 e. The van der Waals surface area contributed by atoms with Gasteiger partial charge < -0.3 is 4.90 Å². The van der Waals surface area contributed by atoms with E-state index in [4.69, 9.17) is 0 Å². The summed E-state index contributed by atoms with van der Waals surface area (Å²) in [6.07, 6.45) is 6.99. The van der Waals surface area contributed by atoms with Crippen LogP contribution >= 0.6 is 0 Å². The van der Waals surface area contributed by atoms with Crippen LogP contribution in [0.5, 0.6) is 0 Å². The van der Waals surface area contributed by atoms with Crippen molar-refractivity contribution >= 4 is 17.7 Å². The predicted molar refractivity (Wildman–Crippen MR) is 78.7 cm³/mol. The Morgan fingerprint density at radius 1 is 1.00 bits per heavy atom. The van der Waals surface area contributed by atoms with E-state index < -0.39 is 0 Å². The molecule has 0 radical (unpaired) electrons. The fraction of sp³-hybridized carbons (Fsp3) is 0.812. The molecule has 0 aromatic heterocycles. The summed E-state index contributed by atoms with van der Waals surface area (Å²) in [5, 5.41) is 2.39. The van der Waals surface area contributed by atoms with Crippen LogP contribution in [0.15, 0.2) is 0 Å². The summed E-state index contributed by atoms with van der Waals surface area (Å²) in [7, 11) is 0. The molecule has 4 aliphatic rings. The standard InChI is InChI=1S/C16H23N3O3/c20-14(19(11-5-6-11)10-3-1-2-4-10)9-18-7-12-13(8-18)16(22)17-15(12)21/h10-13H,1-9H2,(H,17,21,22)/t12-,13+. The average Bonchev–Trinajstić information content (AvgIpc) is 2.90. The Morgan fingerprint density at radius 2 is 1.55 bits per heavy atom. The van der Waals surface area contributed by atoms with Crippen LogP contribution in [-0.4, -0.2) is 59.2 Å². The number of carbonyl (C=O) groups excluding carboxylic acids is 3. The lowest BCUT2D eigenvalue weighted by Gasteiger charge is -2.31. The van der Waals surface area contributed by atoms with Crippen molar-refractivity contribution in [2.24, 2.45) is 11.8 Å². The number of imide groups is 1. The quantitative estimate of drug-likeness (QED) is 0.749. The first kappa shape index (κ1) is 14.2. The maximum absolute atomic E-state index is 12.7. The van der Waals surface area contributed by atoms with Crippen molar-refractivity contribution in [1.82, 2.24) is 15.1 Å². The second-order valence-electron chi connectivity index (χ2n) is 7.23. The normalized spacial score (nSPS) is 32.4. The van der Waals surface area contributed by atoms with Gasteiger partial charge in [-0.15, -0.1) is 0 Å². The molecule has 0 aromatic rings. The summed E-state index contributed by atoms with van der Waals surface area (Å²) in [5.41, 5.74) is 0. The number of hydrogen-bond acceptors (Lipinski definition) is 4. The van der Waals surface area contributed by atoms with E-state index in [2.05, 4.69) is 10.2 Å². The number of rotatable bonds is 4. The molecule has 4 fully saturated rings. The van der Waals surface area contributed by atoms with E-state index in [1.54, 1.807) is 0 Å². The third kappa shape index (κ3) is 2.43. The van der Waals surface area contributed by atoms with E-state index in [9.17, 15) is 14.4 Å². The Bertz CT molecular complexity index is 489. The highest BCUT2D eigenvalue weighted by Gasteiger charge is 2.48. The van der Waals surface area contributed by atoms with Crippen LogP contribution in [0.3, 0.4) is 0 Å². The molecule has 2 aliphatic heterocycles. The van der Waals surface area contributed by atoms with Crippen molar-refractivity contribution in [3.63, 3.8) is 0 Å². The summed E-state index contributed by atoms with van der Waals surface area (Å²) < 4.78 is 0. The molecule has 22 heavy (non-hydrogen) atoms. The Balaban J connectivity index is 1.39. The molecular weight excluding hydrogens is 282 g/mol. The molecule has 120 valence electrons. The van der Waals surface area contributed by atoms with Crippen LogP contribution in [-0.2, 0) is 14.4 Å². The molecule has 6 heteroatoms. The van der Waals surface area contributed by atoms with Crippen molar-refractivity contribution in [3.05, 3.63) is 0 Å². The topological polar surface area (TPSA) is 69.7 Å². The zero-order valence-electron chi connectivity index (χ0n) is 12.8. The smallest absolute Gasteiger partial charge is 0.237 e. The minimum absolute atomic E-state index is 0.167. The van der Waals surface area contributed by atoms with Crippen molar-refractivity contribution in [2.75, 3.05) is 19.6 Å². The van der Waals surface area contributed by atoms with Crippen LogP contribution in [0.2, 0.25) is 0 Å². The summed E-state index contributed by atoms with van der Waals surface area (Å²) in [4.78, 5) is 40.3. The van der Waals surface area contributed by atoms with E-state index >= 15 is 0 Å². The largest absolute Gasteiger partial charge is 0.336 e. The van der Waals surface area contributed by atoms with Gasteiger partial charge in [-0.05, 0) is 25.7 Å². The molecule has 1 N–H and O–H groups in total. The lowest BCUT2D eigenvalue weighted by molar-refractivity contribution is -0.136. The summed E-state index contributed by atoms with van der Waals surface area (Å²) in [5.74, 6) is -0.635. The van der Waals surface area contributed by atoms with Gasteiger partial charge in [0.25, 0.3) is 0 Å². The van der Waals surface area contributed by atoms with Gasteiger partial charge in [0.05, 0.1) is 18.4 Å². The fourth-order valence-electron chi connectivity index (χ4n) is 4.37. The zero-order valence-corrected chi connectivity index (χ0v) is 12.8. The number of nitrogens with zero attached hydrogens (tertiary/aromatic N) is 2. The molecule has 0 spiro atoms. The first-order valence-corrected chi connectivity index (χ1v) is 8.51. The van der Waals surface area contributed by atoms with E-state index in [0.29, 0.717) is 31.7 Å². The van der Waals surface area contributed by atoms with Crippen molar-refractivity contribution in [2.45, 2.75) is 50.6 Å². The summed E-state index contributed by atoms with van der Waals surface area (Å²) in [6.45, 7) is 1.44. The van der Waals surface area contributed by atoms with Crippen LogP contribution in [0.4, 0.5) is 0 Å². The van der Waals surface area contributed by atoms with Crippen LogP contribution in [0.25, 0.3) is 0 Å². The Kier molecular flexibility index (Phi) is 3.44. The Labute approximate surface area is 130 Å². The van der Waals surface area contributed by atoms with E-state index in [-0.39, 0.29) is 29.6 Å². The lowest BCUT2D eigenvalue weighted by atomic mass is 10.00. The number of fused-ring (bicyclic) bond motifs is 1. The molecule has 2 saturated heterocycles. The average molecular weight is 305 g/mol.